The summed E-state index contributed by atoms with van der Waals surface area (Å²) < 4.78 is 1.83. The lowest BCUT2D eigenvalue weighted by Gasteiger charge is -2.03. The number of hydrogen-bond acceptors (Lipinski definition) is 3. The topological polar surface area (TPSA) is 43.1 Å². The minimum Gasteiger partial charge on any atom is -0.211 e. The molecular weight excluding hydrogens is 320 g/mol. The Morgan fingerprint density at radius 1 is 0.833 bits per heavy atom. The zero-order chi connectivity index (χ0) is 16.1. The van der Waals surface area contributed by atoms with E-state index in [0.717, 1.165) is 33.1 Å². The number of hydrogen-bond donors (Lipinski definition) is 0. The first kappa shape index (κ1) is 13.5. The van der Waals surface area contributed by atoms with Crippen molar-refractivity contribution < 1.29 is 0 Å². The molecule has 0 spiro atoms. The normalized spacial score (nSPS) is 11.5. The summed E-state index contributed by atoms with van der Waals surface area (Å²) in [6.45, 7) is 0. The van der Waals surface area contributed by atoms with Crippen LogP contribution >= 0.6 is 11.6 Å². The molecule has 0 aliphatic carbocycles. The van der Waals surface area contributed by atoms with Crippen LogP contribution in [0.4, 0.5) is 0 Å². The van der Waals surface area contributed by atoms with Gasteiger partial charge in [-0.3, -0.25) is 0 Å². The van der Waals surface area contributed by atoms with Crippen LogP contribution in [0.5, 0.6) is 0 Å². The van der Waals surface area contributed by atoms with Gasteiger partial charge in [0.25, 0.3) is 0 Å². The highest BCUT2D eigenvalue weighted by Gasteiger charge is 2.12. The van der Waals surface area contributed by atoms with Gasteiger partial charge < -0.3 is 0 Å². The molecule has 2 aromatic heterocycles. The van der Waals surface area contributed by atoms with Gasteiger partial charge in [0.1, 0.15) is 5.52 Å². The third kappa shape index (κ3) is 1.90. The van der Waals surface area contributed by atoms with Crippen molar-refractivity contribution in [3.8, 4) is 11.3 Å². The van der Waals surface area contributed by atoms with Crippen LogP contribution in [0.2, 0.25) is 5.02 Å². The van der Waals surface area contributed by atoms with E-state index in [0.29, 0.717) is 10.7 Å². The molecule has 2 heterocycles. The fourth-order valence-electron chi connectivity index (χ4n) is 3.04. The zero-order valence-corrected chi connectivity index (χ0v) is 13.3. The van der Waals surface area contributed by atoms with E-state index in [1.165, 1.54) is 0 Å². The monoisotopic (exact) mass is 330 g/mol. The molecule has 0 saturated heterocycles. The molecule has 114 valence electrons. The molecule has 0 atom stereocenters. The molecule has 0 amide bonds. The van der Waals surface area contributed by atoms with Crippen molar-refractivity contribution in [1.82, 2.24) is 19.8 Å². The van der Waals surface area contributed by atoms with Crippen LogP contribution in [0.25, 0.3) is 38.7 Å². The van der Waals surface area contributed by atoms with E-state index in [9.17, 15) is 0 Å². The number of aromatic nitrogens is 4. The second-order valence-electron chi connectivity index (χ2n) is 5.63. The average molecular weight is 331 g/mol. The average Bonchev–Trinajstić information content (AvgIpc) is 3.06. The van der Waals surface area contributed by atoms with Gasteiger partial charge in [0, 0.05) is 17.0 Å². The summed E-state index contributed by atoms with van der Waals surface area (Å²) in [6, 6.07) is 21.8. The maximum absolute atomic E-state index is 6.30. The van der Waals surface area contributed by atoms with Crippen LogP contribution in [0, 0.1) is 0 Å². The van der Waals surface area contributed by atoms with E-state index < -0.39 is 0 Å². The maximum Gasteiger partial charge on any atom is 0.178 e. The molecule has 0 unspecified atom stereocenters. The van der Waals surface area contributed by atoms with Crippen molar-refractivity contribution in [3.05, 3.63) is 71.8 Å². The standard InChI is InChI=1S/C19H11ClN4/c20-15-8-4-3-7-14(15)16-11-18-21-22-19-13-6-2-1-5-12(13)9-10-17(19)24(18)23-16/h1-11H. The fraction of sp³-hybridized carbons (Fsp3) is 0. The lowest BCUT2D eigenvalue weighted by molar-refractivity contribution is 0.948. The van der Waals surface area contributed by atoms with E-state index in [1.54, 1.807) is 0 Å². The molecule has 0 saturated carbocycles. The van der Waals surface area contributed by atoms with E-state index in [4.69, 9.17) is 16.7 Å². The smallest absolute Gasteiger partial charge is 0.178 e. The minimum absolute atomic E-state index is 0.670. The Balaban J connectivity index is 1.85. The van der Waals surface area contributed by atoms with Crippen LogP contribution in [0.15, 0.2) is 66.7 Å². The molecular formula is C19H11ClN4. The Labute approximate surface area is 142 Å². The van der Waals surface area contributed by atoms with E-state index in [2.05, 4.69) is 28.4 Å². The van der Waals surface area contributed by atoms with Gasteiger partial charge in [-0.15, -0.1) is 10.2 Å². The van der Waals surface area contributed by atoms with Gasteiger partial charge >= 0.3 is 0 Å². The minimum atomic E-state index is 0.670. The number of halogens is 1. The molecule has 4 nitrogen and oxygen atoms in total. The van der Waals surface area contributed by atoms with Crippen molar-refractivity contribution in [1.29, 1.82) is 0 Å². The molecule has 3 aromatic carbocycles. The molecule has 5 rings (SSSR count). The van der Waals surface area contributed by atoms with Crippen molar-refractivity contribution >= 4 is 39.1 Å². The van der Waals surface area contributed by atoms with E-state index in [1.807, 2.05) is 53.0 Å². The second-order valence-corrected chi connectivity index (χ2v) is 6.04. The Morgan fingerprint density at radius 3 is 2.58 bits per heavy atom. The summed E-state index contributed by atoms with van der Waals surface area (Å²) in [6.07, 6.45) is 0. The fourth-order valence-corrected chi connectivity index (χ4v) is 3.27. The number of benzene rings is 3. The quantitative estimate of drug-likeness (QED) is 0.416. The Hall–Kier alpha value is -2.98. The highest BCUT2D eigenvalue weighted by molar-refractivity contribution is 6.33. The third-order valence-corrected chi connectivity index (χ3v) is 4.53. The van der Waals surface area contributed by atoms with Gasteiger partial charge in [-0.2, -0.15) is 5.10 Å². The SMILES string of the molecule is Clc1ccccc1-c1cc2nnc3c4ccccc4ccc3n2n1. The zero-order valence-electron chi connectivity index (χ0n) is 12.5. The Kier molecular flexibility index (Phi) is 2.81. The summed E-state index contributed by atoms with van der Waals surface area (Å²) in [7, 11) is 0. The lowest BCUT2D eigenvalue weighted by Crippen LogP contribution is -1.96. The Bertz CT molecular complexity index is 1230. The highest BCUT2D eigenvalue weighted by atomic mass is 35.5. The number of fused-ring (bicyclic) bond motifs is 5. The highest BCUT2D eigenvalue weighted by Crippen LogP contribution is 2.29. The first-order valence-corrected chi connectivity index (χ1v) is 7.98. The second kappa shape index (κ2) is 5.01. The molecule has 0 bridgehead atoms. The first-order chi connectivity index (χ1) is 11.8. The number of nitrogens with zero attached hydrogens (tertiary/aromatic N) is 4. The molecule has 0 radical (unpaired) electrons. The molecule has 0 aliphatic rings. The van der Waals surface area contributed by atoms with Crippen LogP contribution in [0.3, 0.4) is 0 Å². The van der Waals surface area contributed by atoms with Gasteiger partial charge in [-0.25, -0.2) is 4.52 Å². The van der Waals surface area contributed by atoms with Crippen molar-refractivity contribution in [2.45, 2.75) is 0 Å². The maximum atomic E-state index is 6.30. The largest absolute Gasteiger partial charge is 0.211 e. The summed E-state index contributed by atoms with van der Waals surface area (Å²) >= 11 is 6.30. The summed E-state index contributed by atoms with van der Waals surface area (Å²) in [5.41, 5.74) is 4.15. The summed E-state index contributed by atoms with van der Waals surface area (Å²) in [5, 5.41) is 16.3. The Morgan fingerprint density at radius 2 is 1.67 bits per heavy atom. The predicted octanol–water partition coefficient (Wildman–Crippen LogP) is 4.75. The summed E-state index contributed by atoms with van der Waals surface area (Å²) in [5.74, 6) is 0. The molecule has 5 heteroatoms. The van der Waals surface area contributed by atoms with Crippen LogP contribution in [-0.2, 0) is 0 Å². The van der Waals surface area contributed by atoms with Gasteiger partial charge in [0.2, 0.25) is 0 Å². The molecule has 5 aromatic rings. The van der Waals surface area contributed by atoms with Crippen LogP contribution < -0.4 is 0 Å². The predicted molar refractivity (Wildman–Crippen MR) is 96.2 cm³/mol. The molecule has 0 fully saturated rings. The van der Waals surface area contributed by atoms with Crippen LogP contribution in [0.1, 0.15) is 0 Å². The van der Waals surface area contributed by atoms with E-state index in [-0.39, 0.29) is 0 Å². The molecule has 0 aliphatic heterocycles. The molecule has 0 N–H and O–H groups in total. The van der Waals surface area contributed by atoms with Gasteiger partial charge in [0.05, 0.1) is 16.2 Å². The van der Waals surface area contributed by atoms with Crippen molar-refractivity contribution in [3.63, 3.8) is 0 Å². The van der Waals surface area contributed by atoms with Crippen LogP contribution in [-0.4, -0.2) is 19.8 Å². The lowest BCUT2D eigenvalue weighted by atomic mass is 10.1. The number of rotatable bonds is 1. The van der Waals surface area contributed by atoms with E-state index >= 15 is 0 Å². The van der Waals surface area contributed by atoms with Gasteiger partial charge in [-0.1, -0.05) is 60.1 Å². The van der Waals surface area contributed by atoms with Crippen molar-refractivity contribution in [2.75, 3.05) is 0 Å². The summed E-state index contributed by atoms with van der Waals surface area (Å²) in [4.78, 5) is 0. The first-order valence-electron chi connectivity index (χ1n) is 7.60. The third-order valence-electron chi connectivity index (χ3n) is 4.20. The van der Waals surface area contributed by atoms with Gasteiger partial charge in [0.15, 0.2) is 5.65 Å². The van der Waals surface area contributed by atoms with Crippen molar-refractivity contribution in [2.24, 2.45) is 0 Å². The van der Waals surface area contributed by atoms with Gasteiger partial charge in [-0.05, 0) is 17.5 Å². The molecule has 24 heavy (non-hydrogen) atoms.